The van der Waals surface area contributed by atoms with Crippen molar-refractivity contribution in [3.8, 4) is 0 Å². The highest BCUT2D eigenvalue weighted by molar-refractivity contribution is 5.78. The van der Waals surface area contributed by atoms with Crippen LogP contribution in [0.25, 0.3) is 0 Å². The Morgan fingerprint density at radius 1 is 1.48 bits per heavy atom. The second-order valence-electron chi connectivity index (χ2n) is 6.18. The van der Waals surface area contributed by atoms with E-state index in [9.17, 15) is 19.5 Å². The van der Waals surface area contributed by atoms with Crippen LogP contribution in [0.5, 0.6) is 0 Å². The van der Waals surface area contributed by atoms with Crippen LogP contribution >= 0.6 is 0 Å². The summed E-state index contributed by atoms with van der Waals surface area (Å²) in [6.07, 6.45) is 2.27. The number of hydrogen-bond donors (Lipinski definition) is 2. The fraction of sp³-hybridized carbons (Fsp3) is 0.643. The van der Waals surface area contributed by atoms with Gasteiger partial charge in [0.15, 0.2) is 0 Å². The van der Waals surface area contributed by atoms with Crippen LogP contribution < -0.4 is 5.32 Å². The monoisotopic (exact) mass is 298 g/mol. The maximum absolute atomic E-state index is 11.9. The molecule has 0 aromatic rings. The molecular formula is C14H22N2O5. The van der Waals surface area contributed by atoms with Gasteiger partial charge < -0.3 is 20.0 Å². The van der Waals surface area contributed by atoms with E-state index in [-0.39, 0.29) is 19.0 Å². The van der Waals surface area contributed by atoms with E-state index < -0.39 is 23.3 Å². The predicted molar refractivity (Wildman–Crippen MR) is 76.1 cm³/mol. The third kappa shape index (κ3) is 4.77. The molecule has 118 valence electrons. The number of nitrogens with one attached hydrogen (secondary N) is 1. The number of hydrogen-bond acceptors (Lipinski definition) is 4. The molecule has 2 amide bonds. The van der Waals surface area contributed by atoms with Crippen molar-refractivity contribution in [3.63, 3.8) is 0 Å². The second kappa shape index (κ2) is 6.15. The molecule has 0 saturated carbocycles. The van der Waals surface area contributed by atoms with Gasteiger partial charge >= 0.3 is 12.2 Å². The Morgan fingerprint density at radius 2 is 2.10 bits per heavy atom. The highest BCUT2D eigenvalue weighted by Crippen LogP contribution is 2.19. The van der Waals surface area contributed by atoms with Crippen molar-refractivity contribution in [1.82, 2.24) is 10.2 Å². The molecule has 0 fully saturated rings. The Hall–Kier alpha value is -2.05. The lowest BCUT2D eigenvalue weighted by Gasteiger charge is -2.33. The molecule has 1 aliphatic rings. The van der Waals surface area contributed by atoms with E-state index in [0.717, 1.165) is 4.90 Å². The van der Waals surface area contributed by atoms with E-state index in [1.165, 1.54) is 0 Å². The third-order valence-corrected chi connectivity index (χ3v) is 3.06. The summed E-state index contributed by atoms with van der Waals surface area (Å²) < 4.78 is 5.13. The van der Waals surface area contributed by atoms with Crippen molar-refractivity contribution >= 4 is 18.5 Å². The van der Waals surface area contributed by atoms with Gasteiger partial charge in [0.05, 0.1) is 12.6 Å². The van der Waals surface area contributed by atoms with Crippen molar-refractivity contribution in [2.45, 2.75) is 51.3 Å². The Labute approximate surface area is 123 Å². The molecule has 2 atom stereocenters. The molecule has 2 N–H and O–H groups in total. The van der Waals surface area contributed by atoms with Crippen LogP contribution in [0.1, 0.15) is 34.1 Å². The lowest BCUT2D eigenvalue weighted by molar-refractivity contribution is -0.114. The first kappa shape index (κ1) is 17.0. The van der Waals surface area contributed by atoms with Gasteiger partial charge in [-0.05, 0) is 34.1 Å². The molecule has 0 saturated heterocycles. The van der Waals surface area contributed by atoms with Crippen LogP contribution in [0.3, 0.4) is 0 Å². The van der Waals surface area contributed by atoms with Gasteiger partial charge in [-0.2, -0.15) is 0 Å². The Morgan fingerprint density at radius 3 is 2.57 bits per heavy atom. The zero-order valence-electron chi connectivity index (χ0n) is 12.8. The summed E-state index contributed by atoms with van der Waals surface area (Å²) in [5.74, 6) is 0. The van der Waals surface area contributed by atoms with Gasteiger partial charge in [0.25, 0.3) is 0 Å². The van der Waals surface area contributed by atoms with E-state index in [4.69, 9.17) is 4.74 Å². The number of carbonyl (C=O) groups excluding carboxylic acids is 2. The Kier molecular flexibility index (Phi) is 4.98. The summed E-state index contributed by atoms with van der Waals surface area (Å²) in [7, 11) is 0. The van der Waals surface area contributed by atoms with Gasteiger partial charge in [-0.15, -0.1) is 0 Å². The van der Waals surface area contributed by atoms with Gasteiger partial charge in [-0.1, -0.05) is 12.2 Å². The zero-order chi connectivity index (χ0) is 16.3. The fourth-order valence-corrected chi connectivity index (χ4v) is 2.05. The number of amides is 2. The molecule has 0 bridgehead atoms. The van der Waals surface area contributed by atoms with Crippen LogP contribution in [0, 0.1) is 0 Å². The largest absolute Gasteiger partial charge is 0.465 e. The van der Waals surface area contributed by atoms with E-state index in [2.05, 4.69) is 5.32 Å². The van der Waals surface area contributed by atoms with E-state index in [1.54, 1.807) is 39.8 Å². The predicted octanol–water partition coefficient (Wildman–Crippen LogP) is 1.78. The molecule has 1 aliphatic heterocycles. The number of nitrogens with zero attached hydrogens (tertiary/aromatic N) is 1. The molecule has 0 unspecified atom stereocenters. The maximum Gasteiger partial charge on any atom is 0.408 e. The Bertz CT molecular complexity index is 455. The standard InChI is InChI=1S/C14H22N2O5/c1-10-6-5-7-14(9-17,8-16(10)12(19)20)15-11(18)21-13(2,3)4/h5-6,9-10H,7-8H2,1-4H3,(H,15,18)(H,19,20)/t10-,14-/m0/s1. The average Bonchev–Trinajstić information content (AvgIpc) is 2.47. The Balaban J connectivity index is 2.93. The lowest BCUT2D eigenvalue weighted by atomic mass is 9.97. The number of carboxylic acid groups (broad SMARTS) is 1. The number of alkyl carbamates (subject to hydrolysis) is 1. The van der Waals surface area contributed by atoms with Gasteiger partial charge in [0.1, 0.15) is 17.4 Å². The minimum absolute atomic E-state index is 0.126. The smallest absolute Gasteiger partial charge is 0.408 e. The molecule has 0 spiro atoms. The summed E-state index contributed by atoms with van der Waals surface area (Å²) in [6, 6.07) is -0.371. The minimum atomic E-state index is -1.32. The SMILES string of the molecule is C[C@H]1C=CC[C@](C=O)(NC(=O)OC(C)(C)C)CN1C(=O)O. The second-order valence-corrected chi connectivity index (χ2v) is 6.18. The highest BCUT2D eigenvalue weighted by atomic mass is 16.6. The molecule has 0 aromatic carbocycles. The van der Waals surface area contributed by atoms with Crippen molar-refractivity contribution < 1.29 is 24.2 Å². The molecule has 7 heteroatoms. The van der Waals surface area contributed by atoms with E-state index in [0.29, 0.717) is 6.29 Å². The molecule has 7 nitrogen and oxygen atoms in total. The third-order valence-electron chi connectivity index (χ3n) is 3.06. The highest BCUT2D eigenvalue weighted by Gasteiger charge is 2.38. The summed E-state index contributed by atoms with van der Waals surface area (Å²) >= 11 is 0. The normalized spacial score (nSPS) is 25.9. The first-order valence-electron chi connectivity index (χ1n) is 6.72. The maximum atomic E-state index is 11.9. The van der Waals surface area contributed by atoms with Crippen LogP contribution in [0.4, 0.5) is 9.59 Å². The van der Waals surface area contributed by atoms with Crippen LogP contribution in [0.2, 0.25) is 0 Å². The lowest BCUT2D eigenvalue weighted by Crippen LogP contribution is -2.58. The van der Waals surface area contributed by atoms with Crippen LogP contribution in [0.15, 0.2) is 12.2 Å². The van der Waals surface area contributed by atoms with Gasteiger partial charge in [-0.3, -0.25) is 4.90 Å². The molecule has 1 heterocycles. The molecule has 0 aromatic heterocycles. The molecule has 1 rings (SSSR count). The van der Waals surface area contributed by atoms with E-state index >= 15 is 0 Å². The van der Waals surface area contributed by atoms with Crippen molar-refractivity contribution in [2.75, 3.05) is 6.54 Å². The van der Waals surface area contributed by atoms with Crippen molar-refractivity contribution in [3.05, 3.63) is 12.2 Å². The average molecular weight is 298 g/mol. The first-order valence-corrected chi connectivity index (χ1v) is 6.72. The van der Waals surface area contributed by atoms with E-state index in [1.807, 2.05) is 0 Å². The molecule has 0 aliphatic carbocycles. The fourth-order valence-electron chi connectivity index (χ4n) is 2.05. The molecule has 0 radical (unpaired) electrons. The number of rotatable bonds is 2. The minimum Gasteiger partial charge on any atom is -0.465 e. The van der Waals surface area contributed by atoms with Crippen molar-refractivity contribution in [2.24, 2.45) is 0 Å². The summed E-state index contributed by atoms with van der Waals surface area (Å²) in [5.41, 5.74) is -2.02. The van der Waals surface area contributed by atoms with Gasteiger partial charge in [0.2, 0.25) is 0 Å². The van der Waals surface area contributed by atoms with Crippen molar-refractivity contribution in [1.29, 1.82) is 0 Å². The summed E-state index contributed by atoms with van der Waals surface area (Å²) in [6.45, 7) is 6.70. The first-order chi connectivity index (χ1) is 9.58. The zero-order valence-corrected chi connectivity index (χ0v) is 12.8. The number of aldehydes is 1. The summed E-state index contributed by atoms with van der Waals surface area (Å²) in [5, 5.41) is 11.7. The number of carbonyl (C=O) groups is 3. The topological polar surface area (TPSA) is 95.9 Å². The quantitative estimate of drug-likeness (QED) is 0.598. The van der Waals surface area contributed by atoms with Gasteiger partial charge in [0, 0.05) is 0 Å². The summed E-state index contributed by atoms with van der Waals surface area (Å²) in [4.78, 5) is 35.7. The molecular weight excluding hydrogens is 276 g/mol. The van der Waals surface area contributed by atoms with Crippen LogP contribution in [-0.2, 0) is 9.53 Å². The number of ether oxygens (including phenoxy) is 1. The van der Waals surface area contributed by atoms with Gasteiger partial charge in [-0.25, -0.2) is 9.59 Å². The molecule has 21 heavy (non-hydrogen) atoms. The van der Waals surface area contributed by atoms with Crippen LogP contribution in [-0.4, -0.2) is 52.2 Å².